The second-order valence-corrected chi connectivity index (χ2v) is 8.49. The predicted molar refractivity (Wildman–Crippen MR) is 92.2 cm³/mol. The molecule has 0 N–H and O–H groups in total. The van der Waals surface area contributed by atoms with Gasteiger partial charge in [0.1, 0.15) is 5.75 Å². The van der Waals surface area contributed by atoms with Crippen LogP contribution >= 0.6 is 0 Å². The first-order valence-electron chi connectivity index (χ1n) is 8.00. The number of aryl methyl sites for hydroxylation is 2. The fourth-order valence-electron chi connectivity index (χ4n) is 2.52. The number of likely N-dealkylation sites (N-methyl/N-ethyl adjacent to an activating group) is 1. The van der Waals surface area contributed by atoms with Crippen molar-refractivity contribution >= 4 is 21.7 Å². The molecule has 0 aromatic heterocycles. The van der Waals surface area contributed by atoms with Crippen LogP contribution in [0.1, 0.15) is 17.5 Å². The van der Waals surface area contributed by atoms with Gasteiger partial charge in [-0.05, 0) is 43.5 Å². The molecule has 1 fully saturated rings. The lowest BCUT2D eigenvalue weighted by Gasteiger charge is -2.23. The monoisotopic (exact) mass is 369 g/mol. The number of rotatable bonds is 6. The van der Waals surface area contributed by atoms with Crippen molar-refractivity contribution in [1.29, 1.82) is 0 Å². The molecule has 25 heavy (non-hydrogen) atoms. The Bertz CT molecular complexity index is 758. The zero-order valence-electron chi connectivity index (χ0n) is 14.6. The van der Waals surface area contributed by atoms with Crippen LogP contribution in [0.2, 0.25) is 0 Å². The molecule has 8 heteroatoms. The number of esters is 1. The van der Waals surface area contributed by atoms with E-state index in [1.807, 2.05) is 26.0 Å². The van der Waals surface area contributed by atoms with Crippen LogP contribution < -0.4 is 4.74 Å². The summed E-state index contributed by atoms with van der Waals surface area (Å²) in [5.74, 6) is -0.488. The Morgan fingerprint density at radius 3 is 2.52 bits per heavy atom. The van der Waals surface area contributed by atoms with Gasteiger partial charge in [-0.15, -0.1) is 0 Å². The molecule has 1 atom stereocenters. The van der Waals surface area contributed by atoms with Gasteiger partial charge in [-0.3, -0.25) is 4.79 Å². The third-order valence-corrected chi connectivity index (χ3v) is 6.09. The smallest absolute Gasteiger partial charge is 0.344 e. The second-order valence-electron chi connectivity index (χ2n) is 6.26. The van der Waals surface area contributed by atoms with E-state index in [4.69, 9.17) is 9.47 Å². The molecule has 0 radical (unpaired) electrons. The van der Waals surface area contributed by atoms with Gasteiger partial charge in [0, 0.05) is 13.1 Å². The Hall–Kier alpha value is -2.09. The van der Waals surface area contributed by atoms with E-state index < -0.39 is 28.3 Å². The number of carbonyl (C=O) groups is 2. The lowest BCUT2D eigenvalue weighted by Crippen LogP contribution is -2.40. The van der Waals surface area contributed by atoms with Crippen LogP contribution in [-0.4, -0.2) is 63.0 Å². The van der Waals surface area contributed by atoms with Crippen molar-refractivity contribution < 1.29 is 27.5 Å². The quantitative estimate of drug-likeness (QED) is 0.691. The molecule has 1 amide bonds. The van der Waals surface area contributed by atoms with Gasteiger partial charge in [0.15, 0.2) is 23.1 Å². The maximum atomic E-state index is 12.0. The first kappa shape index (κ1) is 19.2. The van der Waals surface area contributed by atoms with Crippen LogP contribution in [0.25, 0.3) is 0 Å². The minimum atomic E-state index is -3.07. The van der Waals surface area contributed by atoms with Crippen LogP contribution in [0, 0.1) is 13.8 Å². The van der Waals surface area contributed by atoms with Crippen molar-refractivity contribution in [3.05, 3.63) is 29.3 Å². The highest BCUT2D eigenvalue weighted by Crippen LogP contribution is 2.17. The van der Waals surface area contributed by atoms with Gasteiger partial charge in [0.25, 0.3) is 5.91 Å². The van der Waals surface area contributed by atoms with E-state index in [1.165, 1.54) is 11.9 Å². The number of ether oxygens (including phenoxy) is 2. The SMILES string of the molecule is Cc1ccc(OCC(=O)OCC(=O)N(C)[C@H]2CCS(=O)(=O)C2)cc1C. The molecule has 1 aromatic rings. The van der Waals surface area contributed by atoms with Crippen molar-refractivity contribution in [2.75, 3.05) is 31.8 Å². The number of carbonyl (C=O) groups excluding carboxylic acids is 2. The first-order valence-corrected chi connectivity index (χ1v) is 9.82. The molecule has 0 bridgehead atoms. The van der Waals surface area contributed by atoms with E-state index >= 15 is 0 Å². The number of nitrogens with zero attached hydrogens (tertiary/aromatic N) is 1. The number of sulfone groups is 1. The number of hydrogen-bond acceptors (Lipinski definition) is 6. The lowest BCUT2D eigenvalue weighted by molar-refractivity contribution is -0.153. The fraction of sp³-hybridized carbons (Fsp3) is 0.529. The molecule has 0 spiro atoms. The van der Waals surface area contributed by atoms with Crippen molar-refractivity contribution in [2.45, 2.75) is 26.3 Å². The van der Waals surface area contributed by atoms with Crippen LogP contribution in [0.5, 0.6) is 5.75 Å². The van der Waals surface area contributed by atoms with Crippen molar-refractivity contribution in [3.8, 4) is 5.75 Å². The lowest BCUT2D eigenvalue weighted by atomic mass is 10.1. The Morgan fingerprint density at radius 2 is 1.92 bits per heavy atom. The van der Waals surface area contributed by atoms with Gasteiger partial charge >= 0.3 is 5.97 Å². The standard InChI is InChI=1S/C17H23NO6S/c1-12-4-5-15(8-13(12)2)23-10-17(20)24-9-16(19)18(3)14-6-7-25(21,22)11-14/h4-5,8,14H,6-7,9-11H2,1-3H3/t14-/m0/s1. The molecule has 138 valence electrons. The minimum Gasteiger partial charge on any atom is -0.482 e. The molecule has 0 saturated carbocycles. The third kappa shape index (κ3) is 5.45. The second kappa shape index (κ2) is 7.86. The summed E-state index contributed by atoms with van der Waals surface area (Å²) in [4.78, 5) is 25.1. The van der Waals surface area contributed by atoms with Crippen LogP contribution in [0.15, 0.2) is 18.2 Å². The Kier molecular flexibility index (Phi) is 6.05. The molecule has 0 unspecified atom stereocenters. The molecule has 0 aliphatic carbocycles. The highest BCUT2D eigenvalue weighted by atomic mass is 32.2. The van der Waals surface area contributed by atoms with E-state index in [0.717, 1.165) is 11.1 Å². The van der Waals surface area contributed by atoms with Gasteiger partial charge < -0.3 is 14.4 Å². The van der Waals surface area contributed by atoms with Gasteiger partial charge in [-0.25, -0.2) is 13.2 Å². The summed E-state index contributed by atoms with van der Waals surface area (Å²) in [6, 6.07) is 5.12. The maximum Gasteiger partial charge on any atom is 0.344 e. The zero-order valence-corrected chi connectivity index (χ0v) is 15.5. The van der Waals surface area contributed by atoms with Gasteiger partial charge in [-0.1, -0.05) is 6.07 Å². The summed E-state index contributed by atoms with van der Waals surface area (Å²) >= 11 is 0. The summed E-state index contributed by atoms with van der Waals surface area (Å²) in [6.45, 7) is 3.20. The molecule has 7 nitrogen and oxygen atoms in total. The molecular weight excluding hydrogens is 346 g/mol. The highest BCUT2D eigenvalue weighted by Gasteiger charge is 2.32. The normalized spacial score (nSPS) is 18.6. The summed E-state index contributed by atoms with van der Waals surface area (Å²) in [7, 11) is -1.55. The predicted octanol–water partition coefficient (Wildman–Crippen LogP) is 0.871. The molecule has 1 aliphatic heterocycles. The molecule has 1 aromatic carbocycles. The third-order valence-electron chi connectivity index (χ3n) is 4.34. The molecule has 1 saturated heterocycles. The van der Waals surface area contributed by atoms with Crippen molar-refractivity contribution in [3.63, 3.8) is 0 Å². The molecular formula is C17H23NO6S. The summed E-state index contributed by atoms with van der Waals surface area (Å²) in [6.07, 6.45) is 0.411. The van der Waals surface area contributed by atoms with Crippen molar-refractivity contribution in [2.24, 2.45) is 0 Å². The molecule has 1 aliphatic rings. The fourth-order valence-corrected chi connectivity index (χ4v) is 4.29. The Morgan fingerprint density at radius 1 is 1.20 bits per heavy atom. The Labute approximate surface area is 147 Å². The number of amides is 1. The van der Waals surface area contributed by atoms with Crippen LogP contribution in [0.3, 0.4) is 0 Å². The Balaban J connectivity index is 1.75. The van der Waals surface area contributed by atoms with E-state index in [0.29, 0.717) is 12.2 Å². The van der Waals surface area contributed by atoms with E-state index in [9.17, 15) is 18.0 Å². The molecule has 1 heterocycles. The average Bonchev–Trinajstić information content (AvgIpc) is 2.92. The van der Waals surface area contributed by atoms with Crippen LogP contribution in [0.4, 0.5) is 0 Å². The first-order chi connectivity index (χ1) is 11.7. The van der Waals surface area contributed by atoms with Crippen LogP contribution in [-0.2, 0) is 24.2 Å². The summed E-state index contributed by atoms with van der Waals surface area (Å²) in [5.41, 5.74) is 2.17. The number of hydrogen-bond donors (Lipinski definition) is 0. The largest absolute Gasteiger partial charge is 0.482 e. The number of benzene rings is 1. The summed E-state index contributed by atoms with van der Waals surface area (Å²) in [5, 5.41) is 0. The summed E-state index contributed by atoms with van der Waals surface area (Å²) < 4.78 is 33.2. The van der Waals surface area contributed by atoms with Gasteiger partial charge in [0.05, 0.1) is 11.5 Å². The van der Waals surface area contributed by atoms with E-state index in [2.05, 4.69) is 0 Å². The van der Waals surface area contributed by atoms with E-state index in [-0.39, 0.29) is 24.2 Å². The topological polar surface area (TPSA) is 90.0 Å². The van der Waals surface area contributed by atoms with Gasteiger partial charge in [-0.2, -0.15) is 0 Å². The maximum absolute atomic E-state index is 12.0. The minimum absolute atomic E-state index is 0.0426. The molecule has 2 rings (SSSR count). The highest BCUT2D eigenvalue weighted by molar-refractivity contribution is 7.91. The average molecular weight is 369 g/mol. The zero-order chi connectivity index (χ0) is 18.6. The van der Waals surface area contributed by atoms with Gasteiger partial charge in [0.2, 0.25) is 0 Å². The van der Waals surface area contributed by atoms with Crippen molar-refractivity contribution in [1.82, 2.24) is 4.90 Å². The van der Waals surface area contributed by atoms with E-state index in [1.54, 1.807) is 6.07 Å².